The molecule has 2 aliphatic rings. The lowest BCUT2D eigenvalue weighted by Crippen LogP contribution is -2.53. The molecule has 1 amide bonds. The van der Waals surface area contributed by atoms with Crippen molar-refractivity contribution in [2.24, 2.45) is 0 Å². The van der Waals surface area contributed by atoms with Gasteiger partial charge in [-0.25, -0.2) is 0 Å². The number of halogens is 3. The van der Waals surface area contributed by atoms with Crippen molar-refractivity contribution in [1.29, 1.82) is 0 Å². The van der Waals surface area contributed by atoms with Gasteiger partial charge in [-0.3, -0.25) is 14.5 Å². The third-order valence-electron chi connectivity index (χ3n) is 5.48. The number of hydrogen-bond acceptors (Lipinski definition) is 7. The van der Waals surface area contributed by atoms with Gasteiger partial charge in [-0.1, -0.05) is 6.07 Å². The van der Waals surface area contributed by atoms with E-state index in [4.69, 9.17) is 21.7 Å². The molecule has 2 aliphatic heterocycles. The molecule has 4 rings (SSSR count). The molecule has 1 unspecified atom stereocenters. The zero-order chi connectivity index (χ0) is 25.3. The Bertz CT molecular complexity index is 1060. The van der Waals surface area contributed by atoms with Crippen LogP contribution in [0.25, 0.3) is 0 Å². The zero-order valence-electron chi connectivity index (χ0n) is 19.6. The first-order chi connectivity index (χ1) is 16.5. The lowest BCUT2D eigenvalue weighted by atomic mass is 9.85. The van der Waals surface area contributed by atoms with Crippen LogP contribution >= 0.6 is 0 Å². The first kappa shape index (κ1) is 20.7. The van der Waals surface area contributed by atoms with E-state index < -0.39 is 31.4 Å². The normalized spacial score (nSPS) is 25.1. The van der Waals surface area contributed by atoms with E-state index in [2.05, 4.69) is 9.72 Å². The number of fused-ring (bicyclic) bond motifs is 1. The summed E-state index contributed by atoms with van der Waals surface area (Å²) in [5.41, 5.74) is -0.348. The minimum Gasteiger partial charge on any atom is -0.493 e. The molecule has 0 bridgehead atoms. The fraction of sp³-hybridized carbons (Fsp3) is 0.455. The van der Waals surface area contributed by atoms with Crippen LogP contribution in [0.3, 0.4) is 0 Å². The molecule has 1 aromatic carbocycles. The maximum Gasteiger partial charge on any atom is 0.522 e. The molecule has 0 saturated carbocycles. The SMILES string of the molecule is [2H]C1([2H])OC2CN(C(=O)c3ccc(OCCOC(F)(F)F)c(OC)c3)CC[C@]2(c2ccccn2)O1. The number of rotatable bonds is 7. The topological polar surface area (TPSA) is 79.4 Å². The Balaban J connectivity index is 1.46. The van der Waals surface area contributed by atoms with Crippen LogP contribution < -0.4 is 9.47 Å². The molecule has 11 heteroatoms. The Morgan fingerprint density at radius 1 is 1.30 bits per heavy atom. The highest BCUT2D eigenvalue weighted by atomic mass is 19.4. The Morgan fingerprint density at radius 3 is 2.88 bits per heavy atom. The summed E-state index contributed by atoms with van der Waals surface area (Å²) in [6.45, 7) is -3.09. The predicted octanol–water partition coefficient (Wildman–Crippen LogP) is 3.12. The van der Waals surface area contributed by atoms with Crippen LogP contribution in [0.4, 0.5) is 13.2 Å². The Labute approximate surface area is 191 Å². The third kappa shape index (κ3) is 5.05. The number of piperidine rings is 1. The molecule has 0 aliphatic carbocycles. The number of ether oxygens (including phenoxy) is 5. The number of alkyl halides is 3. The molecule has 2 saturated heterocycles. The van der Waals surface area contributed by atoms with Gasteiger partial charge in [-0.2, -0.15) is 0 Å². The molecule has 178 valence electrons. The summed E-state index contributed by atoms with van der Waals surface area (Å²) in [6, 6.07) is 9.56. The van der Waals surface area contributed by atoms with Crippen molar-refractivity contribution >= 4 is 5.91 Å². The maximum atomic E-state index is 13.2. The summed E-state index contributed by atoms with van der Waals surface area (Å²) in [5.74, 6) is -0.0382. The molecule has 8 nitrogen and oxygen atoms in total. The standard InChI is InChI=1S/C22H23F3N2O6/c1-29-17-12-15(5-6-16(17)30-10-11-32-22(23,24)25)20(28)27-9-7-21(18-4-2-3-8-26-18)19(13-27)31-14-33-21/h2-6,8,12,19H,7,9-11,13-14H2,1H3/t19?,21-/m1/s1/i14D2. The first-order valence-corrected chi connectivity index (χ1v) is 10.1. The second-order valence-electron chi connectivity index (χ2n) is 7.41. The van der Waals surface area contributed by atoms with E-state index in [9.17, 15) is 18.0 Å². The number of nitrogens with zero attached hydrogens (tertiary/aromatic N) is 2. The number of carbonyl (C=O) groups is 1. The molecule has 0 radical (unpaired) electrons. The van der Waals surface area contributed by atoms with Crippen molar-refractivity contribution in [2.75, 3.05) is 40.2 Å². The Morgan fingerprint density at radius 2 is 2.15 bits per heavy atom. The molecule has 0 N–H and O–H groups in total. The number of likely N-dealkylation sites (tertiary alicyclic amines) is 1. The maximum absolute atomic E-state index is 13.2. The van der Waals surface area contributed by atoms with E-state index >= 15 is 0 Å². The van der Waals surface area contributed by atoms with Crippen molar-refractivity contribution in [3.8, 4) is 11.5 Å². The summed E-state index contributed by atoms with van der Waals surface area (Å²) in [7, 11) is 1.34. The lowest BCUT2D eigenvalue weighted by molar-refractivity contribution is -0.325. The van der Waals surface area contributed by atoms with Crippen LogP contribution in [0.2, 0.25) is 0 Å². The molecule has 3 heterocycles. The van der Waals surface area contributed by atoms with Crippen LogP contribution in [0.15, 0.2) is 42.6 Å². The van der Waals surface area contributed by atoms with Crippen LogP contribution in [0.5, 0.6) is 11.5 Å². The minimum atomic E-state index is -4.75. The largest absolute Gasteiger partial charge is 0.522 e. The number of pyridine rings is 1. The van der Waals surface area contributed by atoms with Gasteiger partial charge in [0.1, 0.15) is 25.1 Å². The highest BCUT2D eigenvalue weighted by Crippen LogP contribution is 2.42. The van der Waals surface area contributed by atoms with Crippen LogP contribution in [0.1, 0.15) is 25.2 Å². The van der Waals surface area contributed by atoms with E-state index in [1.807, 2.05) is 0 Å². The van der Waals surface area contributed by atoms with E-state index in [1.54, 1.807) is 24.4 Å². The van der Waals surface area contributed by atoms with Crippen molar-refractivity contribution < 1.29 is 44.4 Å². The fourth-order valence-electron chi connectivity index (χ4n) is 3.86. The highest BCUT2D eigenvalue weighted by molar-refractivity contribution is 5.95. The lowest BCUT2D eigenvalue weighted by Gasteiger charge is -2.41. The monoisotopic (exact) mass is 470 g/mol. The highest BCUT2D eigenvalue weighted by Gasteiger charge is 2.52. The molecule has 1 aromatic heterocycles. The summed E-state index contributed by atoms with van der Waals surface area (Å²) in [4.78, 5) is 19.1. The van der Waals surface area contributed by atoms with Crippen LogP contribution in [0, 0.1) is 0 Å². The van der Waals surface area contributed by atoms with Gasteiger partial charge in [0.2, 0.25) is 0 Å². The molecule has 33 heavy (non-hydrogen) atoms. The average Bonchev–Trinajstić information content (AvgIpc) is 3.11. The van der Waals surface area contributed by atoms with Crippen LogP contribution in [-0.4, -0.2) is 68.4 Å². The molecular weight excluding hydrogens is 445 g/mol. The second-order valence-corrected chi connectivity index (χ2v) is 7.41. The van der Waals surface area contributed by atoms with Gasteiger partial charge in [-0.05, 0) is 30.3 Å². The molecule has 0 spiro atoms. The van der Waals surface area contributed by atoms with Gasteiger partial charge in [0.05, 0.1) is 28.7 Å². The van der Waals surface area contributed by atoms with Gasteiger partial charge in [0.15, 0.2) is 11.5 Å². The van der Waals surface area contributed by atoms with Gasteiger partial charge in [-0.15, -0.1) is 13.2 Å². The molecule has 2 fully saturated rings. The van der Waals surface area contributed by atoms with E-state index in [0.717, 1.165) is 0 Å². The number of amides is 1. The van der Waals surface area contributed by atoms with Crippen molar-refractivity contribution in [3.05, 3.63) is 53.9 Å². The number of aromatic nitrogens is 1. The van der Waals surface area contributed by atoms with E-state index in [1.165, 1.54) is 30.2 Å². The average molecular weight is 470 g/mol. The molecular formula is C22H23F3N2O6. The summed E-state index contributed by atoms with van der Waals surface area (Å²) in [6.07, 6.45) is -3.69. The number of methoxy groups -OCH3 is 1. The van der Waals surface area contributed by atoms with E-state index in [0.29, 0.717) is 5.69 Å². The number of carbonyl (C=O) groups excluding carboxylic acids is 1. The van der Waals surface area contributed by atoms with E-state index in [-0.39, 0.29) is 49.1 Å². The first-order valence-electron chi connectivity index (χ1n) is 11.1. The van der Waals surface area contributed by atoms with Crippen molar-refractivity contribution in [3.63, 3.8) is 0 Å². The quantitative estimate of drug-likeness (QED) is 0.576. The van der Waals surface area contributed by atoms with Gasteiger partial charge >= 0.3 is 6.36 Å². The summed E-state index contributed by atoms with van der Waals surface area (Å²) >= 11 is 0. The zero-order valence-corrected chi connectivity index (χ0v) is 17.6. The van der Waals surface area contributed by atoms with Crippen molar-refractivity contribution in [2.45, 2.75) is 24.5 Å². The summed E-state index contributed by atoms with van der Waals surface area (Å²) in [5, 5.41) is 0. The van der Waals surface area contributed by atoms with Gasteiger partial charge < -0.3 is 23.8 Å². The second kappa shape index (κ2) is 9.54. The fourth-order valence-corrected chi connectivity index (χ4v) is 3.86. The number of benzene rings is 1. The summed E-state index contributed by atoms with van der Waals surface area (Å²) < 4.78 is 77.6. The van der Waals surface area contributed by atoms with Crippen molar-refractivity contribution in [1.82, 2.24) is 9.88 Å². The van der Waals surface area contributed by atoms with Crippen LogP contribution in [-0.2, 0) is 19.8 Å². The number of hydrogen-bond donors (Lipinski definition) is 0. The Kier molecular flexibility index (Phi) is 5.98. The predicted molar refractivity (Wildman–Crippen MR) is 108 cm³/mol. The van der Waals surface area contributed by atoms with Gasteiger partial charge in [0, 0.05) is 24.7 Å². The Hall–Kier alpha value is -2.89. The smallest absolute Gasteiger partial charge is 0.493 e. The molecule has 2 atom stereocenters. The molecule has 2 aromatic rings. The minimum absolute atomic E-state index is 0.0598. The third-order valence-corrected chi connectivity index (χ3v) is 5.48. The van der Waals surface area contributed by atoms with Gasteiger partial charge in [0.25, 0.3) is 5.91 Å².